The van der Waals surface area contributed by atoms with E-state index in [1.165, 1.54) is 0 Å². The summed E-state index contributed by atoms with van der Waals surface area (Å²) in [5.74, 6) is 0.730. The zero-order chi connectivity index (χ0) is 13.2. The van der Waals surface area contributed by atoms with Crippen LogP contribution in [-0.4, -0.2) is 17.6 Å². The van der Waals surface area contributed by atoms with Gasteiger partial charge in [0.15, 0.2) is 0 Å². The van der Waals surface area contributed by atoms with Gasteiger partial charge in [-0.2, -0.15) is 0 Å². The first-order valence-corrected chi connectivity index (χ1v) is 6.38. The SMILES string of the molecule is COc1ccc(C(C)C2([N+](=O)[O-])CCCC2)cc1. The molecule has 0 amide bonds. The fourth-order valence-electron chi connectivity index (χ4n) is 2.96. The zero-order valence-corrected chi connectivity index (χ0v) is 10.9. The van der Waals surface area contributed by atoms with Crippen molar-refractivity contribution in [2.24, 2.45) is 0 Å². The van der Waals surface area contributed by atoms with E-state index in [0.29, 0.717) is 12.8 Å². The number of rotatable bonds is 4. The van der Waals surface area contributed by atoms with Gasteiger partial charge in [-0.3, -0.25) is 10.1 Å². The van der Waals surface area contributed by atoms with Crippen LogP contribution in [0.2, 0.25) is 0 Å². The van der Waals surface area contributed by atoms with E-state index in [9.17, 15) is 10.1 Å². The van der Waals surface area contributed by atoms with Gasteiger partial charge in [-0.05, 0) is 30.5 Å². The van der Waals surface area contributed by atoms with Crippen LogP contribution in [0.1, 0.15) is 44.1 Å². The van der Waals surface area contributed by atoms with Gasteiger partial charge in [-0.25, -0.2) is 0 Å². The molecule has 0 N–H and O–H groups in total. The van der Waals surface area contributed by atoms with Gasteiger partial charge in [0.25, 0.3) is 0 Å². The van der Waals surface area contributed by atoms with Gasteiger partial charge < -0.3 is 4.74 Å². The number of benzene rings is 1. The maximum atomic E-state index is 11.4. The lowest BCUT2D eigenvalue weighted by Crippen LogP contribution is -2.40. The van der Waals surface area contributed by atoms with E-state index in [1.807, 2.05) is 31.2 Å². The van der Waals surface area contributed by atoms with Crippen molar-refractivity contribution in [3.05, 3.63) is 39.9 Å². The van der Waals surface area contributed by atoms with Crippen LogP contribution in [0, 0.1) is 10.1 Å². The van der Waals surface area contributed by atoms with E-state index >= 15 is 0 Å². The fraction of sp³-hybridized carbons (Fsp3) is 0.571. The van der Waals surface area contributed by atoms with Gasteiger partial charge >= 0.3 is 0 Å². The van der Waals surface area contributed by atoms with Crippen LogP contribution in [0.15, 0.2) is 24.3 Å². The van der Waals surface area contributed by atoms with Crippen molar-refractivity contribution in [2.45, 2.75) is 44.1 Å². The number of ether oxygens (including phenoxy) is 1. The summed E-state index contributed by atoms with van der Waals surface area (Å²) in [6, 6.07) is 7.61. The molecule has 1 aliphatic carbocycles. The van der Waals surface area contributed by atoms with Crippen molar-refractivity contribution in [2.75, 3.05) is 7.11 Å². The summed E-state index contributed by atoms with van der Waals surface area (Å²) < 4.78 is 5.11. The van der Waals surface area contributed by atoms with Crippen molar-refractivity contribution in [1.29, 1.82) is 0 Å². The summed E-state index contributed by atoms with van der Waals surface area (Å²) in [6.45, 7) is 1.97. The van der Waals surface area contributed by atoms with Crippen LogP contribution in [0.4, 0.5) is 0 Å². The molecule has 18 heavy (non-hydrogen) atoms. The topological polar surface area (TPSA) is 52.4 Å². The third-order valence-corrected chi connectivity index (χ3v) is 4.25. The highest BCUT2D eigenvalue weighted by atomic mass is 16.6. The molecule has 1 atom stereocenters. The highest BCUT2D eigenvalue weighted by molar-refractivity contribution is 5.30. The lowest BCUT2D eigenvalue weighted by Gasteiger charge is -2.27. The highest BCUT2D eigenvalue weighted by Gasteiger charge is 2.50. The first kappa shape index (κ1) is 12.9. The van der Waals surface area contributed by atoms with Gasteiger partial charge in [0.2, 0.25) is 5.54 Å². The Morgan fingerprint density at radius 1 is 1.28 bits per heavy atom. The Bertz CT molecular complexity index is 421. The van der Waals surface area contributed by atoms with E-state index in [4.69, 9.17) is 4.74 Å². The number of hydrogen-bond donors (Lipinski definition) is 0. The molecule has 0 radical (unpaired) electrons. The van der Waals surface area contributed by atoms with E-state index in [0.717, 1.165) is 24.2 Å². The molecule has 1 aromatic carbocycles. The Morgan fingerprint density at radius 3 is 2.28 bits per heavy atom. The maximum Gasteiger partial charge on any atom is 0.228 e. The third-order valence-electron chi connectivity index (χ3n) is 4.25. The Kier molecular flexibility index (Phi) is 3.55. The van der Waals surface area contributed by atoms with Gasteiger partial charge in [0.1, 0.15) is 5.75 Å². The van der Waals surface area contributed by atoms with Crippen molar-refractivity contribution >= 4 is 0 Å². The molecule has 1 saturated carbocycles. The van der Waals surface area contributed by atoms with Crippen molar-refractivity contribution in [3.8, 4) is 5.75 Å². The highest BCUT2D eigenvalue weighted by Crippen LogP contribution is 2.43. The second-order valence-corrected chi connectivity index (χ2v) is 5.06. The van der Waals surface area contributed by atoms with E-state index in [1.54, 1.807) is 7.11 Å². The lowest BCUT2D eigenvalue weighted by molar-refractivity contribution is -0.573. The fourth-order valence-corrected chi connectivity index (χ4v) is 2.96. The zero-order valence-electron chi connectivity index (χ0n) is 10.9. The van der Waals surface area contributed by atoms with Crippen molar-refractivity contribution < 1.29 is 9.66 Å². The van der Waals surface area contributed by atoms with Gasteiger partial charge in [0, 0.05) is 17.8 Å². The lowest BCUT2D eigenvalue weighted by atomic mass is 9.79. The molecule has 4 heteroatoms. The largest absolute Gasteiger partial charge is 0.497 e. The predicted octanol–water partition coefficient (Wildman–Crippen LogP) is 3.39. The second-order valence-electron chi connectivity index (χ2n) is 5.06. The number of hydrogen-bond acceptors (Lipinski definition) is 3. The summed E-state index contributed by atoms with van der Waals surface area (Å²) in [6.07, 6.45) is 3.29. The summed E-state index contributed by atoms with van der Waals surface area (Å²) in [5, 5.41) is 11.4. The molecule has 98 valence electrons. The standard InChI is InChI=1S/C14H19NO3/c1-11(12-5-7-13(18-2)8-6-12)14(15(16)17)9-3-4-10-14/h5-8,11H,3-4,9-10H2,1-2H3. The first-order chi connectivity index (χ1) is 8.60. The van der Waals surface area contributed by atoms with E-state index < -0.39 is 5.54 Å². The van der Waals surface area contributed by atoms with Crippen LogP contribution in [0.5, 0.6) is 5.75 Å². The minimum atomic E-state index is -0.769. The average molecular weight is 249 g/mol. The van der Waals surface area contributed by atoms with Crippen LogP contribution in [0.3, 0.4) is 0 Å². The first-order valence-electron chi connectivity index (χ1n) is 6.38. The number of methoxy groups -OCH3 is 1. The molecule has 0 spiro atoms. The molecule has 1 unspecified atom stereocenters. The Labute approximate surface area is 107 Å². The third kappa shape index (κ3) is 2.07. The molecular weight excluding hydrogens is 230 g/mol. The molecule has 0 saturated heterocycles. The molecule has 1 aromatic rings. The monoisotopic (exact) mass is 249 g/mol. The minimum Gasteiger partial charge on any atom is -0.497 e. The molecule has 0 heterocycles. The average Bonchev–Trinajstić information content (AvgIpc) is 2.88. The summed E-state index contributed by atoms with van der Waals surface area (Å²) in [5.41, 5.74) is 0.253. The number of nitro groups is 1. The van der Waals surface area contributed by atoms with Crippen molar-refractivity contribution in [1.82, 2.24) is 0 Å². The molecule has 0 aliphatic heterocycles. The van der Waals surface area contributed by atoms with E-state index in [-0.39, 0.29) is 10.8 Å². The van der Waals surface area contributed by atoms with E-state index in [2.05, 4.69) is 0 Å². The number of nitrogens with zero attached hydrogens (tertiary/aromatic N) is 1. The summed E-state index contributed by atoms with van der Waals surface area (Å²) in [7, 11) is 1.62. The van der Waals surface area contributed by atoms with Crippen LogP contribution < -0.4 is 4.74 Å². The predicted molar refractivity (Wildman–Crippen MR) is 69.6 cm³/mol. The maximum absolute atomic E-state index is 11.4. The molecule has 4 nitrogen and oxygen atoms in total. The van der Waals surface area contributed by atoms with Crippen LogP contribution in [0.25, 0.3) is 0 Å². The molecule has 1 fully saturated rings. The molecule has 0 aromatic heterocycles. The van der Waals surface area contributed by atoms with Crippen LogP contribution in [-0.2, 0) is 0 Å². The molecule has 1 aliphatic rings. The normalized spacial score (nSPS) is 19.4. The molecular formula is C14H19NO3. The molecule has 0 bridgehead atoms. The smallest absolute Gasteiger partial charge is 0.228 e. The minimum absolute atomic E-state index is 0.0547. The van der Waals surface area contributed by atoms with Crippen molar-refractivity contribution in [3.63, 3.8) is 0 Å². The Hall–Kier alpha value is -1.58. The second kappa shape index (κ2) is 4.96. The van der Waals surface area contributed by atoms with Crippen LogP contribution >= 0.6 is 0 Å². The van der Waals surface area contributed by atoms with Gasteiger partial charge in [0.05, 0.1) is 13.0 Å². The Morgan fingerprint density at radius 2 is 1.83 bits per heavy atom. The van der Waals surface area contributed by atoms with Gasteiger partial charge in [-0.1, -0.05) is 19.1 Å². The summed E-state index contributed by atoms with van der Waals surface area (Å²) >= 11 is 0. The Balaban J connectivity index is 2.27. The van der Waals surface area contributed by atoms with Gasteiger partial charge in [-0.15, -0.1) is 0 Å². The summed E-state index contributed by atoms with van der Waals surface area (Å²) in [4.78, 5) is 11.4. The molecule has 2 rings (SSSR count). The quantitative estimate of drug-likeness (QED) is 0.607.